The Kier molecular flexibility index (Phi) is 5.51. The number of hydrogen-bond acceptors (Lipinski definition) is 3. The summed E-state index contributed by atoms with van der Waals surface area (Å²) in [5.41, 5.74) is 1.64. The van der Waals surface area contributed by atoms with Gasteiger partial charge in [0.2, 0.25) is 5.91 Å². The molecule has 0 fully saturated rings. The zero-order chi connectivity index (χ0) is 14.4. The van der Waals surface area contributed by atoms with E-state index in [1.165, 1.54) is 0 Å². The molecule has 5 nitrogen and oxygen atoms in total. The van der Waals surface area contributed by atoms with Crippen molar-refractivity contribution in [3.05, 3.63) is 35.4 Å². The Morgan fingerprint density at radius 2 is 1.84 bits per heavy atom. The maximum absolute atomic E-state index is 11.4. The Morgan fingerprint density at radius 3 is 2.32 bits per heavy atom. The second kappa shape index (κ2) is 6.89. The highest BCUT2D eigenvalue weighted by Crippen LogP contribution is 2.19. The maximum Gasteiger partial charge on any atom is 0.305 e. The lowest BCUT2D eigenvalue weighted by molar-refractivity contribution is -0.138. The van der Waals surface area contributed by atoms with Crippen molar-refractivity contribution in [2.75, 3.05) is 0 Å². The minimum Gasteiger partial charge on any atom is -0.481 e. The summed E-state index contributed by atoms with van der Waals surface area (Å²) in [6, 6.07) is 6.29. The highest BCUT2D eigenvalue weighted by molar-refractivity contribution is 5.77. The Bertz CT molecular complexity index is 441. The molecule has 0 saturated heterocycles. The lowest BCUT2D eigenvalue weighted by atomic mass is 9.98. The first-order valence-corrected chi connectivity index (χ1v) is 6.19. The molecule has 5 heteroatoms. The SMILES string of the molecule is CCC(=O)NC(CC(=O)O)C(O)c1ccc(C)cc1. The highest BCUT2D eigenvalue weighted by Gasteiger charge is 2.24. The normalized spacial score (nSPS) is 13.6. The number of aliphatic carboxylic acids is 1. The van der Waals surface area contributed by atoms with Crippen LogP contribution in [0.15, 0.2) is 24.3 Å². The van der Waals surface area contributed by atoms with Gasteiger partial charge < -0.3 is 15.5 Å². The highest BCUT2D eigenvalue weighted by atomic mass is 16.4. The van der Waals surface area contributed by atoms with E-state index < -0.39 is 18.1 Å². The van der Waals surface area contributed by atoms with Gasteiger partial charge >= 0.3 is 5.97 Å². The molecular weight excluding hydrogens is 246 g/mol. The summed E-state index contributed by atoms with van der Waals surface area (Å²) in [5, 5.41) is 21.6. The summed E-state index contributed by atoms with van der Waals surface area (Å²) in [5.74, 6) is -1.34. The van der Waals surface area contributed by atoms with E-state index in [9.17, 15) is 14.7 Å². The number of hydrogen-bond donors (Lipinski definition) is 3. The lowest BCUT2D eigenvalue weighted by Gasteiger charge is -2.23. The molecule has 0 bridgehead atoms. The summed E-state index contributed by atoms with van der Waals surface area (Å²) in [6.07, 6.45) is -1.11. The number of carboxylic acids is 1. The molecule has 0 saturated carbocycles. The van der Waals surface area contributed by atoms with E-state index in [1.54, 1.807) is 19.1 Å². The van der Waals surface area contributed by atoms with Gasteiger partial charge in [0.25, 0.3) is 0 Å². The van der Waals surface area contributed by atoms with Gasteiger partial charge in [0.05, 0.1) is 18.6 Å². The van der Waals surface area contributed by atoms with Crippen LogP contribution in [0.2, 0.25) is 0 Å². The molecule has 1 aromatic carbocycles. The molecular formula is C14H19NO4. The van der Waals surface area contributed by atoms with Crippen molar-refractivity contribution >= 4 is 11.9 Å². The molecule has 0 aliphatic heterocycles. The third kappa shape index (κ3) is 4.71. The number of carboxylic acid groups (broad SMARTS) is 1. The zero-order valence-electron chi connectivity index (χ0n) is 11.1. The standard InChI is InChI=1S/C14H19NO4/c1-3-12(16)15-11(8-13(17)18)14(19)10-6-4-9(2)5-7-10/h4-7,11,14,19H,3,8H2,1-2H3,(H,15,16)(H,17,18). The molecule has 1 aromatic rings. The lowest BCUT2D eigenvalue weighted by Crippen LogP contribution is -2.40. The summed E-state index contributed by atoms with van der Waals surface area (Å²) < 4.78 is 0. The Labute approximate surface area is 112 Å². The summed E-state index contributed by atoms with van der Waals surface area (Å²) >= 11 is 0. The molecule has 104 valence electrons. The van der Waals surface area contributed by atoms with Crippen LogP contribution >= 0.6 is 0 Å². The van der Waals surface area contributed by atoms with Crippen LogP contribution in [-0.2, 0) is 9.59 Å². The summed E-state index contributed by atoms with van der Waals surface area (Å²) in [7, 11) is 0. The van der Waals surface area contributed by atoms with Crippen LogP contribution in [0.5, 0.6) is 0 Å². The molecule has 2 unspecified atom stereocenters. The quantitative estimate of drug-likeness (QED) is 0.725. The third-order valence-corrected chi connectivity index (χ3v) is 2.86. The van der Waals surface area contributed by atoms with Crippen molar-refractivity contribution in [2.45, 2.75) is 38.8 Å². The predicted octanol–water partition coefficient (Wildman–Crippen LogP) is 1.40. The average Bonchev–Trinajstić information content (AvgIpc) is 2.37. The number of carbonyl (C=O) groups is 2. The van der Waals surface area contributed by atoms with Crippen molar-refractivity contribution in [2.24, 2.45) is 0 Å². The van der Waals surface area contributed by atoms with Gasteiger partial charge in [-0.1, -0.05) is 36.8 Å². The van der Waals surface area contributed by atoms with Crippen molar-refractivity contribution in [3.63, 3.8) is 0 Å². The fourth-order valence-electron chi connectivity index (χ4n) is 1.73. The molecule has 1 rings (SSSR count). The second-order valence-corrected chi connectivity index (χ2v) is 4.48. The molecule has 0 radical (unpaired) electrons. The first kappa shape index (κ1) is 15.2. The van der Waals surface area contributed by atoms with Crippen molar-refractivity contribution < 1.29 is 19.8 Å². The monoisotopic (exact) mass is 265 g/mol. The first-order valence-electron chi connectivity index (χ1n) is 6.19. The number of aliphatic hydroxyl groups is 1. The first-order chi connectivity index (χ1) is 8.93. The third-order valence-electron chi connectivity index (χ3n) is 2.86. The maximum atomic E-state index is 11.4. The number of amides is 1. The number of nitrogens with one attached hydrogen (secondary N) is 1. The number of carbonyl (C=O) groups excluding carboxylic acids is 1. The molecule has 0 heterocycles. The van der Waals surface area contributed by atoms with E-state index in [-0.39, 0.29) is 18.7 Å². The number of aliphatic hydroxyl groups excluding tert-OH is 1. The van der Waals surface area contributed by atoms with Crippen LogP contribution in [0.1, 0.15) is 37.0 Å². The van der Waals surface area contributed by atoms with Crippen LogP contribution in [0.25, 0.3) is 0 Å². The van der Waals surface area contributed by atoms with Gasteiger partial charge in [0.15, 0.2) is 0 Å². The number of benzene rings is 1. The fraction of sp³-hybridized carbons (Fsp3) is 0.429. The summed E-state index contributed by atoms with van der Waals surface area (Å²) in [6.45, 7) is 3.59. The van der Waals surface area contributed by atoms with Gasteiger partial charge in [-0.05, 0) is 12.5 Å². The van der Waals surface area contributed by atoms with Crippen LogP contribution in [0, 0.1) is 6.92 Å². The topological polar surface area (TPSA) is 86.6 Å². The van der Waals surface area contributed by atoms with Gasteiger partial charge in [-0.2, -0.15) is 0 Å². The van der Waals surface area contributed by atoms with E-state index in [0.29, 0.717) is 5.56 Å². The molecule has 1 amide bonds. The van der Waals surface area contributed by atoms with E-state index in [1.807, 2.05) is 19.1 Å². The van der Waals surface area contributed by atoms with E-state index >= 15 is 0 Å². The molecule has 0 aliphatic carbocycles. The van der Waals surface area contributed by atoms with Gasteiger partial charge in [-0.3, -0.25) is 9.59 Å². The number of rotatable bonds is 6. The molecule has 19 heavy (non-hydrogen) atoms. The molecule has 0 aliphatic rings. The van der Waals surface area contributed by atoms with Crippen LogP contribution in [0.4, 0.5) is 0 Å². The van der Waals surface area contributed by atoms with E-state index in [0.717, 1.165) is 5.56 Å². The fourth-order valence-corrected chi connectivity index (χ4v) is 1.73. The average molecular weight is 265 g/mol. The molecule has 2 atom stereocenters. The predicted molar refractivity (Wildman–Crippen MR) is 70.6 cm³/mol. The second-order valence-electron chi connectivity index (χ2n) is 4.48. The Morgan fingerprint density at radius 1 is 1.26 bits per heavy atom. The van der Waals surface area contributed by atoms with Crippen molar-refractivity contribution in [1.29, 1.82) is 0 Å². The summed E-state index contributed by atoms with van der Waals surface area (Å²) in [4.78, 5) is 22.2. The zero-order valence-corrected chi connectivity index (χ0v) is 11.1. The van der Waals surface area contributed by atoms with Gasteiger partial charge in [0, 0.05) is 6.42 Å². The van der Waals surface area contributed by atoms with Crippen molar-refractivity contribution in [1.82, 2.24) is 5.32 Å². The van der Waals surface area contributed by atoms with Crippen LogP contribution < -0.4 is 5.32 Å². The molecule has 3 N–H and O–H groups in total. The Hall–Kier alpha value is -1.88. The van der Waals surface area contributed by atoms with Gasteiger partial charge in [-0.15, -0.1) is 0 Å². The Balaban J connectivity index is 2.86. The van der Waals surface area contributed by atoms with Gasteiger partial charge in [-0.25, -0.2) is 0 Å². The van der Waals surface area contributed by atoms with Crippen LogP contribution in [-0.4, -0.2) is 28.1 Å². The van der Waals surface area contributed by atoms with E-state index in [4.69, 9.17) is 5.11 Å². The molecule has 0 spiro atoms. The smallest absolute Gasteiger partial charge is 0.305 e. The van der Waals surface area contributed by atoms with E-state index in [2.05, 4.69) is 5.32 Å². The molecule has 0 aromatic heterocycles. The minimum atomic E-state index is -1.06. The largest absolute Gasteiger partial charge is 0.481 e. The van der Waals surface area contributed by atoms with Crippen LogP contribution in [0.3, 0.4) is 0 Å². The van der Waals surface area contributed by atoms with Crippen molar-refractivity contribution in [3.8, 4) is 0 Å². The minimum absolute atomic E-state index is 0.247. The van der Waals surface area contributed by atoms with Gasteiger partial charge in [0.1, 0.15) is 0 Å². The number of aryl methyl sites for hydroxylation is 1.